The van der Waals surface area contributed by atoms with Gasteiger partial charge in [-0.05, 0) is 43.5 Å². The van der Waals surface area contributed by atoms with Crippen molar-refractivity contribution in [2.45, 2.75) is 38.8 Å². The van der Waals surface area contributed by atoms with E-state index in [4.69, 9.17) is 21.9 Å². The Morgan fingerprint density at radius 2 is 2.15 bits per heavy atom. The molecule has 1 saturated carbocycles. The fourth-order valence-electron chi connectivity index (χ4n) is 4.31. The van der Waals surface area contributed by atoms with Crippen molar-refractivity contribution in [1.29, 1.82) is 0 Å². The van der Waals surface area contributed by atoms with E-state index in [0.29, 0.717) is 58.0 Å². The van der Waals surface area contributed by atoms with Gasteiger partial charge in [-0.3, -0.25) is 4.79 Å². The number of aromatic amines is 1. The predicted molar refractivity (Wildman–Crippen MR) is 127 cm³/mol. The molecule has 1 aliphatic rings. The molecule has 1 aromatic carbocycles. The first-order valence-electron chi connectivity index (χ1n) is 10.9. The van der Waals surface area contributed by atoms with Gasteiger partial charge < -0.3 is 25.1 Å². The van der Waals surface area contributed by atoms with E-state index in [1.165, 1.54) is 6.33 Å². The molecule has 11 heteroatoms. The number of nitrogens with one attached hydrogen (secondary N) is 2. The average molecular weight is 477 g/mol. The molecule has 0 radical (unpaired) electrons. The number of hydrogen-bond acceptors (Lipinski definition) is 7. The number of anilines is 1. The fraction of sp³-hybridized carbons (Fsp3) is 0.261. The Hall–Kier alpha value is -3.92. The van der Waals surface area contributed by atoms with Crippen LogP contribution in [0.1, 0.15) is 51.8 Å². The molecule has 4 aromatic heterocycles. The van der Waals surface area contributed by atoms with Crippen LogP contribution < -0.4 is 11.1 Å². The van der Waals surface area contributed by atoms with Gasteiger partial charge in [0, 0.05) is 22.0 Å². The van der Waals surface area contributed by atoms with Crippen molar-refractivity contribution in [2.24, 2.45) is 0 Å². The maximum atomic E-state index is 12.9. The number of carbonyl (C=O) groups is 1. The van der Waals surface area contributed by atoms with Crippen molar-refractivity contribution >= 4 is 45.4 Å². The highest BCUT2D eigenvalue weighted by Crippen LogP contribution is 2.42. The van der Waals surface area contributed by atoms with Crippen molar-refractivity contribution in [3.05, 3.63) is 64.2 Å². The lowest BCUT2D eigenvalue weighted by molar-refractivity contribution is 0.0948. The van der Waals surface area contributed by atoms with Crippen LogP contribution in [0.4, 0.5) is 5.82 Å². The zero-order chi connectivity index (χ0) is 23.4. The molecule has 4 N–H and O–H groups in total. The summed E-state index contributed by atoms with van der Waals surface area (Å²) in [5.41, 5.74) is 11.0. The summed E-state index contributed by atoms with van der Waals surface area (Å²) in [5.74, 6) is 1.16. The van der Waals surface area contributed by atoms with Gasteiger partial charge >= 0.3 is 0 Å². The van der Waals surface area contributed by atoms with Crippen LogP contribution in [0.5, 0.6) is 0 Å². The first-order chi connectivity index (χ1) is 16.5. The summed E-state index contributed by atoms with van der Waals surface area (Å²) in [7, 11) is 0. The van der Waals surface area contributed by atoms with E-state index in [-0.39, 0.29) is 5.91 Å². The summed E-state index contributed by atoms with van der Waals surface area (Å²) in [4.78, 5) is 28.9. The second kappa shape index (κ2) is 7.84. The SMILES string of the molecule is Cc1noc(C2CC2)c1C(=O)NCc1cc2cc(Cl)cc(Cn3cnc4c(N)ncnc43)c2[nH]1. The van der Waals surface area contributed by atoms with Gasteiger partial charge in [0.05, 0.1) is 30.6 Å². The quantitative estimate of drug-likeness (QED) is 0.339. The monoisotopic (exact) mass is 476 g/mol. The lowest BCUT2D eigenvalue weighted by Crippen LogP contribution is -2.24. The molecule has 0 aliphatic heterocycles. The lowest BCUT2D eigenvalue weighted by Gasteiger charge is -2.07. The van der Waals surface area contributed by atoms with Gasteiger partial charge in [0.2, 0.25) is 0 Å². The third kappa shape index (κ3) is 3.56. The molecule has 0 spiro atoms. The molecule has 0 unspecified atom stereocenters. The van der Waals surface area contributed by atoms with Crippen molar-refractivity contribution < 1.29 is 9.32 Å². The van der Waals surface area contributed by atoms with Crippen molar-refractivity contribution in [1.82, 2.24) is 35.0 Å². The Kier molecular flexibility index (Phi) is 4.77. The number of aryl methyl sites for hydroxylation is 1. The number of nitrogens with two attached hydrogens (primary N) is 1. The Bertz CT molecular complexity index is 1560. The summed E-state index contributed by atoms with van der Waals surface area (Å²) in [6.07, 6.45) is 5.17. The number of fused-ring (bicyclic) bond motifs is 2. The van der Waals surface area contributed by atoms with E-state index >= 15 is 0 Å². The van der Waals surface area contributed by atoms with E-state index in [0.717, 1.165) is 35.0 Å². The Morgan fingerprint density at radius 1 is 1.29 bits per heavy atom. The molecule has 6 rings (SSSR count). The molecule has 172 valence electrons. The first kappa shape index (κ1) is 20.7. The van der Waals surface area contributed by atoms with Gasteiger partial charge in [0.1, 0.15) is 17.4 Å². The van der Waals surface area contributed by atoms with Crippen LogP contribution in [0.2, 0.25) is 5.02 Å². The molecule has 4 heterocycles. The third-order valence-corrected chi connectivity index (χ3v) is 6.32. The van der Waals surface area contributed by atoms with Crippen molar-refractivity contribution in [3.8, 4) is 0 Å². The van der Waals surface area contributed by atoms with Crippen LogP contribution in [0.15, 0.2) is 35.4 Å². The molecule has 0 saturated heterocycles. The van der Waals surface area contributed by atoms with E-state index in [2.05, 4.69) is 30.4 Å². The van der Waals surface area contributed by atoms with Crippen molar-refractivity contribution in [2.75, 3.05) is 5.73 Å². The highest BCUT2D eigenvalue weighted by atomic mass is 35.5. The number of rotatable bonds is 6. The van der Waals surface area contributed by atoms with Gasteiger partial charge in [-0.15, -0.1) is 0 Å². The van der Waals surface area contributed by atoms with E-state index < -0.39 is 0 Å². The summed E-state index contributed by atoms with van der Waals surface area (Å²) in [6, 6.07) is 5.78. The Labute approximate surface area is 198 Å². The summed E-state index contributed by atoms with van der Waals surface area (Å²) in [6.45, 7) is 2.61. The number of benzene rings is 1. The molecule has 34 heavy (non-hydrogen) atoms. The highest BCUT2D eigenvalue weighted by Gasteiger charge is 2.34. The average Bonchev–Trinajstić information content (AvgIpc) is 3.25. The largest absolute Gasteiger partial charge is 0.382 e. The molecule has 1 amide bonds. The van der Waals surface area contributed by atoms with Gasteiger partial charge in [-0.25, -0.2) is 15.0 Å². The normalized spacial score (nSPS) is 13.7. The minimum Gasteiger partial charge on any atom is -0.382 e. The number of H-pyrrole nitrogens is 1. The van der Waals surface area contributed by atoms with Gasteiger partial charge in [-0.1, -0.05) is 16.8 Å². The van der Waals surface area contributed by atoms with E-state index in [1.807, 2.05) is 22.8 Å². The number of carbonyl (C=O) groups excluding carboxylic acids is 1. The minimum atomic E-state index is -0.181. The van der Waals surface area contributed by atoms with Gasteiger partial charge in [0.25, 0.3) is 5.91 Å². The molecular formula is C23H21ClN8O2. The topological polar surface area (TPSA) is 141 Å². The Morgan fingerprint density at radius 3 is 2.97 bits per heavy atom. The molecule has 10 nitrogen and oxygen atoms in total. The van der Waals surface area contributed by atoms with Crippen LogP contribution in [0, 0.1) is 6.92 Å². The predicted octanol–water partition coefficient (Wildman–Crippen LogP) is 3.70. The smallest absolute Gasteiger partial charge is 0.257 e. The number of amides is 1. The zero-order valence-corrected chi connectivity index (χ0v) is 19.1. The molecule has 1 fully saturated rings. The van der Waals surface area contributed by atoms with Gasteiger partial charge in [0.15, 0.2) is 17.2 Å². The maximum absolute atomic E-state index is 12.9. The second-order valence-electron chi connectivity index (χ2n) is 8.59. The molecule has 5 aromatic rings. The molecular weight excluding hydrogens is 456 g/mol. The van der Waals surface area contributed by atoms with Crippen LogP contribution in [0.25, 0.3) is 22.1 Å². The summed E-state index contributed by atoms with van der Waals surface area (Å²) >= 11 is 6.41. The molecule has 0 atom stereocenters. The van der Waals surface area contributed by atoms with Crippen molar-refractivity contribution in [3.63, 3.8) is 0 Å². The number of aromatic nitrogens is 6. The number of imidazole rings is 1. The van der Waals surface area contributed by atoms with Gasteiger partial charge in [-0.2, -0.15) is 0 Å². The van der Waals surface area contributed by atoms with Crippen LogP contribution >= 0.6 is 11.6 Å². The number of hydrogen-bond donors (Lipinski definition) is 3. The van der Waals surface area contributed by atoms with Crippen LogP contribution in [-0.2, 0) is 13.1 Å². The number of nitrogens with zero attached hydrogens (tertiary/aromatic N) is 5. The maximum Gasteiger partial charge on any atom is 0.257 e. The standard InChI is InChI=1S/C23H21ClN8O2/c1-11-17(20(34-31-11)12-2-3-12)23(33)26-7-16-6-13-4-15(24)5-14(18(13)30-16)8-32-10-29-19-21(25)27-9-28-22(19)32/h4-6,9-10,12,30H,2-3,7-8H2,1H3,(H,26,33)(H2,25,27,28). The van der Waals surface area contributed by atoms with Crippen LogP contribution in [0.3, 0.4) is 0 Å². The molecule has 0 bridgehead atoms. The third-order valence-electron chi connectivity index (χ3n) is 6.10. The van der Waals surface area contributed by atoms with E-state index in [9.17, 15) is 4.79 Å². The number of nitrogen functional groups attached to an aromatic ring is 1. The summed E-state index contributed by atoms with van der Waals surface area (Å²) < 4.78 is 7.30. The lowest BCUT2D eigenvalue weighted by atomic mass is 10.1. The first-order valence-corrected chi connectivity index (χ1v) is 11.3. The number of halogens is 1. The molecule has 1 aliphatic carbocycles. The zero-order valence-electron chi connectivity index (χ0n) is 18.3. The Balaban J connectivity index is 1.27. The minimum absolute atomic E-state index is 0.181. The van der Waals surface area contributed by atoms with E-state index in [1.54, 1.807) is 13.3 Å². The van der Waals surface area contributed by atoms with Crippen LogP contribution in [-0.4, -0.2) is 35.6 Å². The fourth-order valence-corrected chi connectivity index (χ4v) is 4.56. The highest BCUT2D eigenvalue weighted by molar-refractivity contribution is 6.31. The summed E-state index contributed by atoms with van der Waals surface area (Å²) in [5, 5.41) is 8.54. The second-order valence-corrected chi connectivity index (χ2v) is 9.03.